The van der Waals surface area contributed by atoms with Gasteiger partial charge in [0.05, 0.1) is 6.61 Å². The summed E-state index contributed by atoms with van der Waals surface area (Å²) in [5.74, 6) is 0.930. The minimum Gasteiger partial charge on any atom is -0.367 e. The number of likely N-dealkylation sites (tertiary alicyclic amines) is 1. The fraction of sp³-hybridized carbons (Fsp3) is 0.562. The molecule has 104 valence electrons. The number of benzene rings is 1. The second-order valence-electron chi connectivity index (χ2n) is 5.21. The first kappa shape index (κ1) is 14.1. The summed E-state index contributed by atoms with van der Waals surface area (Å²) in [5, 5.41) is 0. The molecule has 0 aromatic heterocycles. The molecule has 0 spiro atoms. The molecule has 2 rings (SSSR count). The van der Waals surface area contributed by atoms with Crippen molar-refractivity contribution >= 4 is 5.91 Å². The smallest absolute Gasteiger partial charge is 0.248 e. The molecule has 0 unspecified atom stereocenters. The van der Waals surface area contributed by atoms with Crippen LogP contribution in [0.3, 0.4) is 0 Å². The van der Waals surface area contributed by atoms with Crippen molar-refractivity contribution in [3.63, 3.8) is 0 Å². The predicted molar refractivity (Wildman–Crippen MR) is 75.7 cm³/mol. The topological polar surface area (TPSA) is 29.5 Å². The van der Waals surface area contributed by atoms with Gasteiger partial charge in [-0.15, -0.1) is 0 Å². The number of rotatable bonds is 5. The first-order valence-electron chi connectivity index (χ1n) is 7.19. The summed E-state index contributed by atoms with van der Waals surface area (Å²) >= 11 is 0. The van der Waals surface area contributed by atoms with Gasteiger partial charge in [0.1, 0.15) is 6.61 Å². The van der Waals surface area contributed by atoms with Crippen LogP contribution in [0.15, 0.2) is 30.3 Å². The summed E-state index contributed by atoms with van der Waals surface area (Å²) in [6.07, 6.45) is 3.51. The first-order chi connectivity index (χ1) is 9.29. The second-order valence-corrected chi connectivity index (χ2v) is 5.21. The summed E-state index contributed by atoms with van der Waals surface area (Å²) in [6, 6.07) is 9.97. The van der Waals surface area contributed by atoms with Gasteiger partial charge in [0, 0.05) is 13.1 Å². The van der Waals surface area contributed by atoms with Gasteiger partial charge in [-0.1, -0.05) is 43.7 Å². The van der Waals surface area contributed by atoms with Crippen LogP contribution >= 0.6 is 0 Å². The highest BCUT2D eigenvalue weighted by molar-refractivity contribution is 5.77. The Morgan fingerprint density at radius 1 is 1.26 bits per heavy atom. The first-order valence-corrected chi connectivity index (χ1v) is 7.19. The van der Waals surface area contributed by atoms with E-state index in [4.69, 9.17) is 4.74 Å². The minimum absolute atomic E-state index is 0.130. The maximum atomic E-state index is 12.0. The van der Waals surface area contributed by atoms with Crippen molar-refractivity contribution in [2.45, 2.75) is 32.8 Å². The molecule has 0 saturated carbocycles. The van der Waals surface area contributed by atoms with Crippen LogP contribution < -0.4 is 0 Å². The van der Waals surface area contributed by atoms with E-state index in [9.17, 15) is 4.79 Å². The Morgan fingerprint density at radius 3 is 2.58 bits per heavy atom. The zero-order chi connectivity index (χ0) is 13.5. The monoisotopic (exact) mass is 261 g/mol. The summed E-state index contributed by atoms with van der Waals surface area (Å²) in [4.78, 5) is 13.9. The Hall–Kier alpha value is -1.35. The van der Waals surface area contributed by atoms with E-state index in [2.05, 4.69) is 6.92 Å². The van der Waals surface area contributed by atoms with E-state index in [-0.39, 0.29) is 12.5 Å². The molecule has 0 N–H and O–H groups in total. The molecule has 0 aliphatic carbocycles. The molecule has 3 heteroatoms. The summed E-state index contributed by atoms with van der Waals surface area (Å²) in [7, 11) is 0. The van der Waals surface area contributed by atoms with Crippen molar-refractivity contribution in [3.05, 3.63) is 35.9 Å². The van der Waals surface area contributed by atoms with Crippen LogP contribution in [-0.2, 0) is 16.1 Å². The van der Waals surface area contributed by atoms with Gasteiger partial charge in [-0.05, 0) is 24.3 Å². The number of carbonyl (C=O) groups is 1. The third kappa shape index (κ3) is 4.35. The Balaban J connectivity index is 1.67. The van der Waals surface area contributed by atoms with E-state index in [0.717, 1.165) is 37.4 Å². The Bertz CT molecular complexity index is 383. The molecular weight excluding hydrogens is 238 g/mol. The molecule has 0 bridgehead atoms. The normalized spacial score (nSPS) is 16.6. The SMILES string of the molecule is CCC1CCN(C(=O)COCc2ccccc2)CC1. The standard InChI is InChI=1S/C16H23NO2/c1-2-14-8-10-17(11-9-14)16(18)13-19-12-15-6-4-3-5-7-15/h3-7,14H,2,8-13H2,1H3. The number of carbonyl (C=O) groups excluding carboxylic acids is 1. The molecule has 1 aliphatic rings. The van der Waals surface area contributed by atoms with Crippen molar-refractivity contribution < 1.29 is 9.53 Å². The third-order valence-electron chi connectivity index (χ3n) is 3.88. The van der Waals surface area contributed by atoms with Crippen molar-refractivity contribution in [2.24, 2.45) is 5.92 Å². The molecule has 1 aromatic carbocycles. The van der Waals surface area contributed by atoms with Gasteiger partial charge in [-0.3, -0.25) is 4.79 Å². The number of amides is 1. The molecular formula is C16H23NO2. The van der Waals surface area contributed by atoms with Crippen molar-refractivity contribution in [1.29, 1.82) is 0 Å². The van der Waals surface area contributed by atoms with Crippen molar-refractivity contribution in [2.75, 3.05) is 19.7 Å². The molecule has 1 aliphatic heterocycles. The number of nitrogens with zero attached hydrogens (tertiary/aromatic N) is 1. The van der Waals surface area contributed by atoms with Crippen LogP contribution in [0.25, 0.3) is 0 Å². The summed E-state index contributed by atoms with van der Waals surface area (Å²) in [6.45, 7) is 4.73. The van der Waals surface area contributed by atoms with Gasteiger partial charge in [-0.25, -0.2) is 0 Å². The van der Waals surface area contributed by atoms with Gasteiger partial charge in [-0.2, -0.15) is 0 Å². The Labute approximate surface area is 115 Å². The van der Waals surface area contributed by atoms with Crippen LogP contribution in [0.5, 0.6) is 0 Å². The van der Waals surface area contributed by atoms with Gasteiger partial charge in [0.2, 0.25) is 5.91 Å². The van der Waals surface area contributed by atoms with Gasteiger partial charge >= 0.3 is 0 Å². The Morgan fingerprint density at radius 2 is 1.95 bits per heavy atom. The fourth-order valence-electron chi connectivity index (χ4n) is 2.51. The van der Waals surface area contributed by atoms with E-state index in [0.29, 0.717) is 6.61 Å². The number of ether oxygens (including phenoxy) is 1. The highest BCUT2D eigenvalue weighted by atomic mass is 16.5. The zero-order valence-corrected chi connectivity index (χ0v) is 11.7. The number of hydrogen-bond acceptors (Lipinski definition) is 2. The minimum atomic E-state index is 0.130. The highest BCUT2D eigenvalue weighted by Gasteiger charge is 2.21. The number of hydrogen-bond donors (Lipinski definition) is 0. The molecule has 19 heavy (non-hydrogen) atoms. The number of piperidine rings is 1. The van der Waals surface area contributed by atoms with E-state index in [1.807, 2.05) is 35.2 Å². The van der Waals surface area contributed by atoms with Crippen LogP contribution in [0, 0.1) is 5.92 Å². The van der Waals surface area contributed by atoms with Crippen LogP contribution in [0.1, 0.15) is 31.7 Å². The summed E-state index contributed by atoms with van der Waals surface area (Å²) in [5.41, 5.74) is 1.11. The molecule has 1 amide bonds. The molecule has 0 atom stereocenters. The van der Waals surface area contributed by atoms with E-state index in [1.54, 1.807) is 0 Å². The van der Waals surface area contributed by atoms with Crippen LogP contribution in [-0.4, -0.2) is 30.5 Å². The Kier molecular flexibility index (Phi) is 5.40. The van der Waals surface area contributed by atoms with Crippen molar-refractivity contribution in [1.82, 2.24) is 4.90 Å². The van der Waals surface area contributed by atoms with E-state index >= 15 is 0 Å². The summed E-state index contributed by atoms with van der Waals surface area (Å²) < 4.78 is 5.50. The van der Waals surface area contributed by atoms with Gasteiger partial charge < -0.3 is 9.64 Å². The van der Waals surface area contributed by atoms with E-state index in [1.165, 1.54) is 6.42 Å². The second kappa shape index (κ2) is 7.29. The largest absolute Gasteiger partial charge is 0.367 e. The highest BCUT2D eigenvalue weighted by Crippen LogP contribution is 2.19. The van der Waals surface area contributed by atoms with Crippen LogP contribution in [0.2, 0.25) is 0 Å². The molecule has 1 heterocycles. The maximum Gasteiger partial charge on any atom is 0.248 e. The lowest BCUT2D eigenvalue weighted by molar-refractivity contribution is -0.138. The fourth-order valence-corrected chi connectivity index (χ4v) is 2.51. The quantitative estimate of drug-likeness (QED) is 0.815. The average molecular weight is 261 g/mol. The average Bonchev–Trinajstić information content (AvgIpc) is 2.48. The van der Waals surface area contributed by atoms with Gasteiger partial charge in [0.15, 0.2) is 0 Å². The molecule has 1 saturated heterocycles. The lowest BCUT2D eigenvalue weighted by Crippen LogP contribution is -2.40. The predicted octanol–water partition coefficient (Wildman–Crippen LogP) is 2.85. The maximum absolute atomic E-state index is 12.0. The molecule has 0 radical (unpaired) electrons. The zero-order valence-electron chi connectivity index (χ0n) is 11.7. The lowest BCUT2D eigenvalue weighted by Gasteiger charge is -2.31. The molecule has 3 nitrogen and oxygen atoms in total. The van der Waals surface area contributed by atoms with Gasteiger partial charge in [0.25, 0.3) is 0 Å². The van der Waals surface area contributed by atoms with Crippen molar-refractivity contribution in [3.8, 4) is 0 Å². The van der Waals surface area contributed by atoms with E-state index < -0.39 is 0 Å². The lowest BCUT2D eigenvalue weighted by atomic mass is 9.94. The molecule has 1 fully saturated rings. The van der Waals surface area contributed by atoms with Crippen LogP contribution in [0.4, 0.5) is 0 Å². The third-order valence-corrected chi connectivity index (χ3v) is 3.88. The molecule has 1 aromatic rings.